The molecular weight excluding hydrogens is 168 g/mol. The van der Waals surface area contributed by atoms with Crippen LogP contribution in [0.3, 0.4) is 0 Å². The number of pyridine rings is 1. The van der Waals surface area contributed by atoms with Gasteiger partial charge < -0.3 is 5.11 Å². The van der Waals surface area contributed by atoms with Crippen molar-refractivity contribution in [2.75, 3.05) is 6.61 Å². The third kappa shape index (κ3) is 1.21. The first-order valence-electron chi connectivity index (χ1n) is 3.89. The summed E-state index contributed by atoms with van der Waals surface area (Å²) in [5.41, 5.74) is 0.847. The van der Waals surface area contributed by atoms with Gasteiger partial charge in [-0.1, -0.05) is 6.07 Å². The van der Waals surface area contributed by atoms with Gasteiger partial charge in [-0.25, -0.2) is 4.98 Å². The van der Waals surface area contributed by atoms with Crippen LogP contribution >= 0.6 is 0 Å². The third-order valence-electron chi connectivity index (χ3n) is 1.83. The van der Waals surface area contributed by atoms with Crippen LogP contribution in [-0.2, 0) is 0 Å². The number of carbonyl (C=O) groups is 1. The zero-order valence-corrected chi connectivity index (χ0v) is 6.84. The number of hydrogen-bond acceptors (Lipinski definition) is 3. The lowest BCUT2D eigenvalue weighted by molar-refractivity contribution is 0.0892. The Morgan fingerprint density at radius 1 is 1.54 bits per heavy atom. The molecule has 1 N–H and O–H groups in total. The molecule has 0 saturated carbocycles. The van der Waals surface area contributed by atoms with Crippen LogP contribution in [0.15, 0.2) is 30.6 Å². The Hall–Kier alpha value is -1.68. The highest BCUT2D eigenvalue weighted by Gasteiger charge is 2.10. The van der Waals surface area contributed by atoms with E-state index in [1.165, 1.54) is 0 Å². The summed E-state index contributed by atoms with van der Waals surface area (Å²) in [6, 6.07) is 5.52. The fourth-order valence-corrected chi connectivity index (χ4v) is 1.22. The zero-order valence-electron chi connectivity index (χ0n) is 6.84. The average molecular weight is 176 g/mol. The minimum absolute atomic E-state index is 0.276. The number of aliphatic hydroxyl groups excluding tert-OH is 1. The molecule has 0 aliphatic rings. The molecule has 0 aromatic carbocycles. The molecule has 0 bridgehead atoms. The maximum absolute atomic E-state index is 11.2. The van der Waals surface area contributed by atoms with Crippen LogP contribution in [0.25, 0.3) is 5.52 Å². The lowest BCUT2D eigenvalue weighted by Crippen LogP contribution is -2.09. The highest BCUT2D eigenvalue weighted by molar-refractivity contribution is 5.94. The minimum Gasteiger partial charge on any atom is -0.388 e. The van der Waals surface area contributed by atoms with Crippen molar-refractivity contribution >= 4 is 11.3 Å². The number of fused-ring (bicyclic) bond motifs is 1. The van der Waals surface area contributed by atoms with Gasteiger partial charge in [0.1, 0.15) is 6.61 Å². The number of aromatic nitrogens is 2. The highest BCUT2D eigenvalue weighted by Crippen LogP contribution is 2.06. The molecule has 2 aromatic heterocycles. The monoisotopic (exact) mass is 176 g/mol. The van der Waals surface area contributed by atoms with Crippen molar-refractivity contribution in [1.82, 2.24) is 9.38 Å². The van der Waals surface area contributed by atoms with Gasteiger partial charge in [-0.05, 0) is 12.1 Å². The van der Waals surface area contributed by atoms with Crippen molar-refractivity contribution in [3.05, 3.63) is 36.4 Å². The molecule has 66 valence electrons. The number of nitrogens with zero attached hydrogens (tertiary/aromatic N) is 2. The average Bonchev–Trinajstić information content (AvgIpc) is 2.60. The molecule has 2 heterocycles. The van der Waals surface area contributed by atoms with E-state index in [1.54, 1.807) is 16.8 Å². The van der Waals surface area contributed by atoms with Gasteiger partial charge in [0.2, 0.25) is 5.78 Å². The van der Waals surface area contributed by atoms with Gasteiger partial charge in [0.05, 0.1) is 11.7 Å². The van der Waals surface area contributed by atoms with Crippen LogP contribution in [0.5, 0.6) is 0 Å². The van der Waals surface area contributed by atoms with Gasteiger partial charge in [0.25, 0.3) is 0 Å². The number of ketones is 1. The number of rotatable bonds is 2. The van der Waals surface area contributed by atoms with Crippen molar-refractivity contribution in [2.45, 2.75) is 0 Å². The van der Waals surface area contributed by atoms with Crippen LogP contribution in [0.4, 0.5) is 0 Å². The van der Waals surface area contributed by atoms with Crippen molar-refractivity contribution in [3.8, 4) is 0 Å². The quantitative estimate of drug-likeness (QED) is 0.678. The first-order chi connectivity index (χ1) is 6.33. The van der Waals surface area contributed by atoms with Gasteiger partial charge in [-0.15, -0.1) is 0 Å². The van der Waals surface area contributed by atoms with Gasteiger partial charge in [-0.2, -0.15) is 0 Å². The first kappa shape index (κ1) is 7.94. The molecule has 0 fully saturated rings. The molecule has 0 amide bonds. The Kier molecular flexibility index (Phi) is 1.83. The van der Waals surface area contributed by atoms with E-state index in [0.29, 0.717) is 0 Å². The van der Waals surface area contributed by atoms with Gasteiger partial charge in [0.15, 0.2) is 5.82 Å². The molecule has 0 saturated heterocycles. The molecule has 0 radical (unpaired) electrons. The standard InChI is InChI=1S/C9H8N2O2/c12-6-8(13)9-10-5-7-3-1-2-4-11(7)9/h1-5,12H,6H2. The number of Topliss-reactive ketones (excluding diaryl/α,β-unsaturated/α-hetero) is 1. The molecule has 0 unspecified atom stereocenters. The molecular formula is C9H8N2O2. The van der Waals surface area contributed by atoms with Crippen LogP contribution in [-0.4, -0.2) is 26.9 Å². The van der Waals surface area contributed by atoms with E-state index in [4.69, 9.17) is 5.11 Å². The van der Waals surface area contributed by atoms with Gasteiger partial charge in [-0.3, -0.25) is 9.20 Å². The highest BCUT2D eigenvalue weighted by atomic mass is 16.3. The molecule has 4 heteroatoms. The number of aliphatic hydroxyl groups is 1. The van der Waals surface area contributed by atoms with Crippen LogP contribution in [0.2, 0.25) is 0 Å². The Labute approximate surface area is 74.5 Å². The molecule has 0 spiro atoms. The summed E-state index contributed by atoms with van der Waals surface area (Å²) >= 11 is 0. The molecule has 0 atom stereocenters. The third-order valence-corrected chi connectivity index (χ3v) is 1.83. The largest absolute Gasteiger partial charge is 0.388 e. The second-order valence-corrected chi connectivity index (χ2v) is 2.66. The maximum Gasteiger partial charge on any atom is 0.223 e. The summed E-state index contributed by atoms with van der Waals surface area (Å²) in [7, 11) is 0. The summed E-state index contributed by atoms with van der Waals surface area (Å²) < 4.78 is 1.65. The van der Waals surface area contributed by atoms with E-state index in [-0.39, 0.29) is 11.6 Å². The Balaban J connectivity index is 2.64. The predicted molar refractivity (Wildman–Crippen MR) is 46.6 cm³/mol. The zero-order chi connectivity index (χ0) is 9.26. The lowest BCUT2D eigenvalue weighted by atomic mass is 10.4. The predicted octanol–water partition coefficient (Wildman–Crippen LogP) is 0.509. The Bertz CT molecular complexity index is 448. The molecule has 4 nitrogen and oxygen atoms in total. The smallest absolute Gasteiger partial charge is 0.223 e. The normalized spacial score (nSPS) is 10.5. The van der Waals surface area contributed by atoms with E-state index in [9.17, 15) is 4.79 Å². The fourth-order valence-electron chi connectivity index (χ4n) is 1.22. The van der Waals surface area contributed by atoms with E-state index < -0.39 is 6.61 Å². The summed E-state index contributed by atoms with van der Waals surface area (Å²) in [6.07, 6.45) is 3.34. The van der Waals surface area contributed by atoms with Crippen LogP contribution < -0.4 is 0 Å². The van der Waals surface area contributed by atoms with Crippen molar-refractivity contribution < 1.29 is 9.90 Å². The molecule has 0 aliphatic heterocycles. The number of hydrogen-bond donors (Lipinski definition) is 1. The second kappa shape index (κ2) is 2.99. The van der Waals surface area contributed by atoms with E-state index in [1.807, 2.05) is 18.2 Å². The minimum atomic E-state index is -0.506. The van der Waals surface area contributed by atoms with E-state index in [2.05, 4.69) is 4.98 Å². The van der Waals surface area contributed by atoms with Crippen molar-refractivity contribution in [1.29, 1.82) is 0 Å². The molecule has 13 heavy (non-hydrogen) atoms. The Morgan fingerprint density at radius 2 is 2.38 bits per heavy atom. The van der Waals surface area contributed by atoms with Crippen LogP contribution in [0.1, 0.15) is 10.6 Å². The van der Waals surface area contributed by atoms with Crippen molar-refractivity contribution in [2.24, 2.45) is 0 Å². The summed E-state index contributed by atoms with van der Waals surface area (Å²) in [6.45, 7) is -0.506. The number of carbonyl (C=O) groups excluding carboxylic acids is 1. The SMILES string of the molecule is O=C(CO)c1ncc2ccccn12. The molecule has 2 rings (SSSR count). The molecule has 0 aliphatic carbocycles. The fraction of sp³-hybridized carbons (Fsp3) is 0.111. The summed E-state index contributed by atoms with van der Waals surface area (Å²) in [4.78, 5) is 15.1. The lowest BCUT2D eigenvalue weighted by Gasteiger charge is -1.96. The summed E-state index contributed by atoms with van der Waals surface area (Å²) in [5, 5.41) is 8.66. The maximum atomic E-state index is 11.2. The topological polar surface area (TPSA) is 54.6 Å². The van der Waals surface area contributed by atoms with Crippen molar-refractivity contribution in [3.63, 3.8) is 0 Å². The second-order valence-electron chi connectivity index (χ2n) is 2.66. The van der Waals surface area contributed by atoms with E-state index in [0.717, 1.165) is 5.52 Å². The van der Waals surface area contributed by atoms with Crippen LogP contribution in [0, 0.1) is 0 Å². The summed E-state index contributed by atoms with van der Waals surface area (Å²) in [5.74, 6) is -0.0932. The molecule has 2 aromatic rings. The first-order valence-corrected chi connectivity index (χ1v) is 3.89. The van der Waals surface area contributed by atoms with Gasteiger partial charge in [0, 0.05) is 6.20 Å². The Morgan fingerprint density at radius 3 is 3.15 bits per heavy atom. The van der Waals surface area contributed by atoms with Gasteiger partial charge >= 0.3 is 0 Å². The number of imidazole rings is 1. The van der Waals surface area contributed by atoms with E-state index >= 15 is 0 Å².